The lowest BCUT2D eigenvalue weighted by molar-refractivity contribution is 0.955. The van der Waals surface area contributed by atoms with Crippen LogP contribution < -0.4 is 0 Å². The minimum atomic E-state index is 1.01. The number of unbranched alkanes of at least 4 members (excludes halogenated alkanes) is 1. The fraction of sp³-hybridized carbons (Fsp3) is 0.500. The molecule has 0 aliphatic carbocycles. The maximum atomic E-state index is 3.61. The Labute approximate surface area is 51.9 Å². The van der Waals surface area contributed by atoms with Crippen molar-refractivity contribution in [1.29, 1.82) is 0 Å². The van der Waals surface area contributed by atoms with Gasteiger partial charge in [0.15, 0.2) is 0 Å². The van der Waals surface area contributed by atoms with Crippen LogP contribution in [0.3, 0.4) is 0 Å². The van der Waals surface area contributed by atoms with Crippen molar-refractivity contribution < 1.29 is 0 Å². The molecule has 0 amide bonds. The molecular formula is C8H14. The molecule has 0 heteroatoms. The summed E-state index contributed by atoms with van der Waals surface area (Å²) in [4.78, 5) is 0. The average Bonchev–Trinajstić information content (AvgIpc) is 1.81. The Hall–Kier alpha value is -0.520. The number of allylic oxidation sites excluding steroid dienone is 3. The summed E-state index contributed by atoms with van der Waals surface area (Å²) >= 11 is 0. The summed E-state index contributed by atoms with van der Waals surface area (Å²) in [6, 6.07) is 0. The molecule has 0 rings (SSSR count). The van der Waals surface area contributed by atoms with Crippen LogP contribution in [0, 0.1) is 0 Å². The van der Waals surface area contributed by atoms with Crippen molar-refractivity contribution in [2.45, 2.75) is 26.2 Å². The molecule has 0 aliphatic heterocycles. The molecular weight excluding hydrogens is 96.1 g/mol. The third kappa shape index (κ3) is 5.48. The van der Waals surface area contributed by atoms with Crippen LogP contribution in [0.5, 0.6) is 0 Å². The highest BCUT2D eigenvalue weighted by Gasteiger charge is 1.69. The molecule has 0 fully saturated rings. The topological polar surface area (TPSA) is 0 Å². The zero-order chi connectivity index (χ0) is 6.24. The highest BCUT2D eigenvalue weighted by molar-refractivity contribution is 4.87. The summed E-state index contributed by atoms with van der Waals surface area (Å²) in [5, 5.41) is 0. The third-order valence-corrected chi connectivity index (χ3v) is 0.925. The maximum absolute atomic E-state index is 3.61. The number of hydrogen-bond acceptors (Lipinski definition) is 0. The van der Waals surface area contributed by atoms with Crippen molar-refractivity contribution in [1.82, 2.24) is 0 Å². The normalized spacial score (nSPS) is 10.1. The molecule has 0 spiro atoms. The Balaban J connectivity index is 2.94. The number of hydrogen-bond donors (Lipinski definition) is 0. The van der Waals surface area contributed by atoms with Gasteiger partial charge in [-0.2, -0.15) is 0 Å². The molecule has 8 heavy (non-hydrogen) atoms. The van der Waals surface area contributed by atoms with E-state index in [1.54, 1.807) is 0 Å². The Morgan fingerprint density at radius 3 is 2.62 bits per heavy atom. The van der Waals surface area contributed by atoms with Crippen molar-refractivity contribution in [2.24, 2.45) is 0 Å². The molecule has 0 aromatic heterocycles. The standard InChI is InChI=1S/C8H14/c1-3-5-7-8-6-4-2/h3,7-8H,1,4-6H2,2H3/b8-7-. The summed E-state index contributed by atoms with van der Waals surface area (Å²) in [5.74, 6) is 0. The van der Waals surface area contributed by atoms with E-state index in [1.807, 2.05) is 6.08 Å². The van der Waals surface area contributed by atoms with E-state index in [-0.39, 0.29) is 0 Å². The lowest BCUT2D eigenvalue weighted by Crippen LogP contribution is -1.60. The first-order chi connectivity index (χ1) is 3.91. The maximum Gasteiger partial charge on any atom is -0.0172 e. The Morgan fingerprint density at radius 2 is 2.12 bits per heavy atom. The lowest BCUT2D eigenvalue weighted by atomic mass is 10.3. The molecule has 0 unspecified atom stereocenters. The Morgan fingerprint density at radius 1 is 1.38 bits per heavy atom. The van der Waals surface area contributed by atoms with Crippen LogP contribution in [0.2, 0.25) is 0 Å². The zero-order valence-corrected chi connectivity index (χ0v) is 5.56. The predicted octanol–water partition coefficient (Wildman–Crippen LogP) is 2.92. The van der Waals surface area contributed by atoms with Crippen molar-refractivity contribution >= 4 is 0 Å². The van der Waals surface area contributed by atoms with Crippen LogP contribution in [0.25, 0.3) is 0 Å². The quantitative estimate of drug-likeness (QED) is 0.488. The van der Waals surface area contributed by atoms with Crippen LogP contribution in [-0.2, 0) is 0 Å². The smallest absolute Gasteiger partial charge is 0.0172 e. The van der Waals surface area contributed by atoms with Gasteiger partial charge in [0.1, 0.15) is 0 Å². The molecule has 0 nitrogen and oxygen atoms in total. The van der Waals surface area contributed by atoms with E-state index in [9.17, 15) is 0 Å². The first kappa shape index (κ1) is 7.48. The summed E-state index contributed by atoms with van der Waals surface area (Å²) in [6.45, 7) is 5.79. The van der Waals surface area contributed by atoms with Crippen LogP contribution in [0.15, 0.2) is 24.8 Å². The fourth-order valence-electron chi connectivity index (χ4n) is 0.477. The molecule has 0 saturated carbocycles. The second-order valence-electron chi connectivity index (χ2n) is 1.78. The monoisotopic (exact) mass is 110 g/mol. The highest BCUT2D eigenvalue weighted by atomic mass is 13.8. The van der Waals surface area contributed by atoms with E-state index in [0.29, 0.717) is 0 Å². The van der Waals surface area contributed by atoms with Crippen LogP contribution in [0.4, 0.5) is 0 Å². The molecule has 0 aromatic rings. The SMILES string of the molecule is C=CC/C=C\CCC. The van der Waals surface area contributed by atoms with Gasteiger partial charge in [0.2, 0.25) is 0 Å². The van der Waals surface area contributed by atoms with Crippen LogP contribution in [-0.4, -0.2) is 0 Å². The van der Waals surface area contributed by atoms with E-state index in [4.69, 9.17) is 0 Å². The van der Waals surface area contributed by atoms with Gasteiger partial charge in [0.05, 0.1) is 0 Å². The van der Waals surface area contributed by atoms with E-state index >= 15 is 0 Å². The van der Waals surface area contributed by atoms with Gasteiger partial charge in [-0.25, -0.2) is 0 Å². The van der Waals surface area contributed by atoms with Gasteiger partial charge in [-0.15, -0.1) is 6.58 Å². The fourth-order valence-corrected chi connectivity index (χ4v) is 0.477. The zero-order valence-electron chi connectivity index (χ0n) is 5.56. The first-order valence-electron chi connectivity index (χ1n) is 3.17. The van der Waals surface area contributed by atoms with Gasteiger partial charge in [-0.3, -0.25) is 0 Å². The predicted molar refractivity (Wildman–Crippen MR) is 38.9 cm³/mol. The third-order valence-electron chi connectivity index (χ3n) is 0.925. The van der Waals surface area contributed by atoms with Gasteiger partial charge < -0.3 is 0 Å². The van der Waals surface area contributed by atoms with E-state index in [0.717, 1.165) is 6.42 Å². The summed E-state index contributed by atoms with van der Waals surface area (Å²) in [5.41, 5.74) is 0. The molecule has 0 bridgehead atoms. The summed E-state index contributed by atoms with van der Waals surface area (Å²) < 4.78 is 0. The minimum absolute atomic E-state index is 1.01. The molecule has 0 radical (unpaired) electrons. The Kier molecular flexibility index (Phi) is 6.06. The summed E-state index contributed by atoms with van der Waals surface area (Å²) in [7, 11) is 0. The van der Waals surface area contributed by atoms with Crippen LogP contribution >= 0.6 is 0 Å². The average molecular weight is 110 g/mol. The molecule has 0 aliphatic rings. The van der Waals surface area contributed by atoms with Gasteiger partial charge in [-0.1, -0.05) is 31.6 Å². The molecule has 0 atom stereocenters. The molecule has 0 heterocycles. The van der Waals surface area contributed by atoms with Crippen LogP contribution in [0.1, 0.15) is 26.2 Å². The van der Waals surface area contributed by atoms with Gasteiger partial charge in [0, 0.05) is 0 Å². The summed E-state index contributed by atoms with van der Waals surface area (Å²) in [6.07, 6.45) is 9.71. The van der Waals surface area contributed by atoms with E-state index in [2.05, 4.69) is 25.7 Å². The molecule has 46 valence electrons. The van der Waals surface area contributed by atoms with Gasteiger partial charge in [0.25, 0.3) is 0 Å². The molecule has 0 N–H and O–H groups in total. The van der Waals surface area contributed by atoms with Crippen molar-refractivity contribution in [2.75, 3.05) is 0 Å². The number of rotatable bonds is 4. The Bertz CT molecular complexity index is 70.1. The van der Waals surface area contributed by atoms with Crippen molar-refractivity contribution in [3.8, 4) is 0 Å². The highest BCUT2D eigenvalue weighted by Crippen LogP contribution is 1.90. The second-order valence-corrected chi connectivity index (χ2v) is 1.78. The molecule has 0 saturated heterocycles. The van der Waals surface area contributed by atoms with Gasteiger partial charge >= 0.3 is 0 Å². The second kappa shape index (κ2) is 6.48. The minimum Gasteiger partial charge on any atom is -0.103 e. The van der Waals surface area contributed by atoms with Crippen molar-refractivity contribution in [3.05, 3.63) is 24.8 Å². The van der Waals surface area contributed by atoms with Crippen molar-refractivity contribution in [3.63, 3.8) is 0 Å². The molecule has 0 aromatic carbocycles. The lowest BCUT2D eigenvalue weighted by Gasteiger charge is -1.80. The van der Waals surface area contributed by atoms with Gasteiger partial charge in [-0.05, 0) is 12.8 Å². The largest absolute Gasteiger partial charge is 0.103 e. The van der Waals surface area contributed by atoms with E-state index in [1.165, 1.54) is 12.8 Å². The van der Waals surface area contributed by atoms with E-state index < -0.39 is 0 Å². The first-order valence-corrected chi connectivity index (χ1v) is 3.17.